The molecule has 1 rings (SSSR count). The molecule has 94 valence electrons. The number of halogens is 3. The van der Waals surface area contributed by atoms with Crippen LogP contribution in [0.15, 0.2) is 18.2 Å². The molecule has 0 saturated carbocycles. The maximum absolute atomic E-state index is 12.3. The molecule has 1 atom stereocenters. The summed E-state index contributed by atoms with van der Waals surface area (Å²) in [7, 11) is 0. The molecule has 17 heavy (non-hydrogen) atoms. The molecule has 1 heterocycles. The number of rotatable bonds is 4. The topological polar surface area (TPSA) is 85.4 Å². The molecule has 0 bridgehead atoms. The van der Waals surface area contributed by atoms with Crippen molar-refractivity contribution in [3.63, 3.8) is 0 Å². The third-order valence-corrected chi connectivity index (χ3v) is 1.74. The number of aromatic nitrogens is 1. The van der Waals surface area contributed by atoms with E-state index in [1.54, 1.807) is 0 Å². The number of carbonyl (C=O) groups is 1. The largest absolute Gasteiger partial charge is 0.480 e. The van der Waals surface area contributed by atoms with Gasteiger partial charge in [-0.25, -0.2) is 4.98 Å². The second-order valence-electron chi connectivity index (χ2n) is 3.11. The number of nitrogens with two attached hydrogens (primary N) is 1. The summed E-state index contributed by atoms with van der Waals surface area (Å²) in [5.74, 6) is -1.63. The van der Waals surface area contributed by atoms with Crippen LogP contribution in [-0.4, -0.2) is 28.7 Å². The Morgan fingerprint density at radius 1 is 1.53 bits per heavy atom. The van der Waals surface area contributed by atoms with E-state index in [1.165, 1.54) is 6.07 Å². The number of carboxylic acids is 1. The van der Waals surface area contributed by atoms with E-state index in [9.17, 15) is 18.0 Å². The van der Waals surface area contributed by atoms with E-state index in [0.29, 0.717) is 0 Å². The number of carboxylic acid groups (broad SMARTS) is 1. The Hall–Kier alpha value is -1.83. The van der Waals surface area contributed by atoms with Gasteiger partial charge in [-0.1, -0.05) is 6.07 Å². The highest BCUT2D eigenvalue weighted by Gasteiger charge is 2.32. The highest BCUT2D eigenvalue weighted by Crippen LogP contribution is 2.28. The van der Waals surface area contributed by atoms with Crippen molar-refractivity contribution in [1.82, 2.24) is 4.98 Å². The van der Waals surface area contributed by atoms with Crippen LogP contribution in [0.25, 0.3) is 0 Å². The number of nitrogens with zero attached hydrogens (tertiary/aromatic N) is 1. The van der Waals surface area contributed by atoms with Crippen molar-refractivity contribution in [2.45, 2.75) is 12.2 Å². The zero-order chi connectivity index (χ0) is 13.1. The van der Waals surface area contributed by atoms with E-state index in [-0.39, 0.29) is 5.88 Å². The normalized spacial score (nSPS) is 13.2. The van der Waals surface area contributed by atoms with Gasteiger partial charge in [-0.05, 0) is 6.07 Å². The van der Waals surface area contributed by atoms with Crippen molar-refractivity contribution in [1.29, 1.82) is 0 Å². The second kappa shape index (κ2) is 5.00. The molecular formula is C9H9F3N2O3. The van der Waals surface area contributed by atoms with Gasteiger partial charge in [0.05, 0.1) is 0 Å². The van der Waals surface area contributed by atoms with Crippen molar-refractivity contribution in [3.05, 3.63) is 23.9 Å². The molecule has 0 radical (unpaired) electrons. The fraction of sp³-hybridized carbons (Fsp3) is 0.333. The van der Waals surface area contributed by atoms with Crippen LogP contribution in [0.3, 0.4) is 0 Å². The lowest BCUT2D eigenvalue weighted by Gasteiger charge is -2.10. The van der Waals surface area contributed by atoms with Gasteiger partial charge in [-0.3, -0.25) is 4.79 Å². The summed E-state index contributed by atoms with van der Waals surface area (Å²) < 4.78 is 41.5. The van der Waals surface area contributed by atoms with Gasteiger partial charge < -0.3 is 15.6 Å². The van der Waals surface area contributed by atoms with Gasteiger partial charge in [0.1, 0.15) is 18.3 Å². The summed E-state index contributed by atoms with van der Waals surface area (Å²) in [6.07, 6.45) is -4.58. The first kappa shape index (κ1) is 13.2. The zero-order valence-corrected chi connectivity index (χ0v) is 8.44. The zero-order valence-electron chi connectivity index (χ0n) is 8.44. The Morgan fingerprint density at radius 3 is 2.71 bits per heavy atom. The summed E-state index contributed by atoms with van der Waals surface area (Å²) in [5, 5.41) is 8.44. The Bertz CT molecular complexity index is 409. The Morgan fingerprint density at radius 2 is 2.18 bits per heavy atom. The minimum atomic E-state index is -4.58. The molecule has 0 aliphatic rings. The minimum Gasteiger partial charge on any atom is -0.480 e. The second-order valence-corrected chi connectivity index (χ2v) is 3.11. The van der Waals surface area contributed by atoms with Crippen molar-refractivity contribution in [2.75, 3.05) is 6.61 Å². The predicted octanol–water partition coefficient (Wildman–Crippen LogP) is 0.891. The molecular weight excluding hydrogens is 241 g/mol. The number of pyridine rings is 1. The fourth-order valence-corrected chi connectivity index (χ4v) is 0.900. The summed E-state index contributed by atoms with van der Waals surface area (Å²) in [4.78, 5) is 13.5. The summed E-state index contributed by atoms with van der Waals surface area (Å²) >= 11 is 0. The molecule has 1 aromatic rings. The van der Waals surface area contributed by atoms with Crippen LogP contribution in [0.4, 0.5) is 13.2 Å². The molecule has 0 aliphatic heterocycles. The molecule has 3 N–H and O–H groups in total. The van der Waals surface area contributed by atoms with Crippen molar-refractivity contribution >= 4 is 5.97 Å². The standard InChI is InChI=1S/C9H9F3N2O3/c10-9(11,12)6-2-1-3-7(14-6)17-4-5(13)8(15)16/h1-3,5H,4,13H2,(H,15,16). The van der Waals surface area contributed by atoms with E-state index < -0.39 is 30.5 Å². The van der Waals surface area contributed by atoms with Crippen LogP contribution in [0.2, 0.25) is 0 Å². The molecule has 0 amide bonds. The first-order valence-corrected chi connectivity index (χ1v) is 4.46. The molecule has 0 saturated heterocycles. The lowest BCUT2D eigenvalue weighted by molar-refractivity contribution is -0.142. The summed E-state index contributed by atoms with van der Waals surface area (Å²) in [5.41, 5.74) is 4.00. The average molecular weight is 250 g/mol. The van der Waals surface area contributed by atoms with Crippen LogP contribution in [-0.2, 0) is 11.0 Å². The summed E-state index contributed by atoms with van der Waals surface area (Å²) in [6.45, 7) is -0.455. The molecule has 0 spiro atoms. The smallest absolute Gasteiger partial charge is 0.433 e. The molecule has 1 unspecified atom stereocenters. The number of aliphatic carboxylic acids is 1. The molecule has 0 aromatic carbocycles. The first-order valence-electron chi connectivity index (χ1n) is 4.46. The van der Waals surface area contributed by atoms with Crippen molar-refractivity contribution in [2.24, 2.45) is 5.73 Å². The molecule has 8 heteroatoms. The van der Waals surface area contributed by atoms with E-state index in [0.717, 1.165) is 12.1 Å². The SMILES string of the molecule is NC(COc1cccc(C(F)(F)F)n1)C(=O)O. The number of alkyl halides is 3. The minimum absolute atomic E-state index is 0.323. The monoisotopic (exact) mass is 250 g/mol. The quantitative estimate of drug-likeness (QED) is 0.828. The van der Waals surface area contributed by atoms with E-state index in [2.05, 4.69) is 4.98 Å². The van der Waals surface area contributed by atoms with Crippen LogP contribution >= 0.6 is 0 Å². The fourth-order valence-electron chi connectivity index (χ4n) is 0.900. The highest BCUT2D eigenvalue weighted by atomic mass is 19.4. The van der Waals surface area contributed by atoms with E-state index in [4.69, 9.17) is 15.6 Å². The average Bonchev–Trinajstić information content (AvgIpc) is 2.25. The number of hydrogen-bond acceptors (Lipinski definition) is 4. The van der Waals surface area contributed by atoms with Crippen LogP contribution in [0.1, 0.15) is 5.69 Å². The van der Waals surface area contributed by atoms with Gasteiger partial charge in [0, 0.05) is 6.07 Å². The van der Waals surface area contributed by atoms with Crippen LogP contribution < -0.4 is 10.5 Å². The Kier molecular flexibility index (Phi) is 3.89. The van der Waals surface area contributed by atoms with Crippen LogP contribution in [0.5, 0.6) is 5.88 Å². The maximum Gasteiger partial charge on any atom is 0.433 e. The molecule has 0 fully saturated rings. The van der Waals surface area contributed by atoms with Gasteiger partial charge in [0.25, 0.3) is 0 Å². The third kappa shape index (κ3) is 3.91. The maximum atomic E-state index is 12.3. The molecule has 5 nitrogen and oxygen atoms in total. The lowest BCUT2D eigenvalue weighted by atomic mass is 10.3. The van der Waals surface area contributed by atoms with Gasteiger partial charge >= 0.3 is 12.1 Å². The van der Waals surface area contributed by atoms with Crippen molar-refractivity contribution in [3.8, 4) is 5.88 Å². The third-order valence-electron chi connectivity index (χ3n) is 1.74. The highest BCUT2D eigenvalue weighted by molar-refractivity contribution is 5.73. The summed E-state index contributed by atoms with van der Waals surface area (Å²) in [6, 6.07) is 1.76. The Labute approximate surface area is 94.0 Å². The number of ether oxygens (including phenoxy) is 1. The van der Waals surface area contributed by atoms with Gasteiger partial charge in [-0.2, -0.15) is 13.2 Å². The predicted molar refractivity (Wildman–Crippen MR) is 50.3 cm³/mol. The Balaban J connectivity index is 2.70. The van der Waals surface area contributed by atoms with Gasteiger partial charge in [0.15, 0.2) is 0 Å². The molecule has 1 aromatic heterocycles. The van der Waals surface area contributed by atoms with Gasteiger partial charge in [-0.15, -0.1) is 0 Å². The van der Waals surface area contributed by atoms with Crippen LogP contribution in [0, 0.1) is 0 Å². The first-order chi connectivity index (χ1) is 7.80. The number of hydrogen-bond donors (Lipinski definition) is 2. The van der Waals surface area contributed by atoms with E-state index >= 15 is 0 Å². The van der Waals surface area contributed by atoms with Gasteiger partial charge in [0.2, 0.25) is 5.88 Å². The molecule has 0 aliphatic carbocycles. The lowest BCUT2D eigenvalue weighted by Crippen LogP contribution is -2.36. The van der Waals surface area contributed by atoms with E-state index in [1.807, 2.05) is 0 Å². The van der Waals surface area contributed by atoms with Crippen molar-refractivity contribution < 1.29 is 27.8 Å².